The van der Waals surface area contributed by atoms with Crippen LogP contribution in [0.25, 0.3) is 0 Å². The summed E-state index contributed by atoms with van der Waals surface area (Å²) in [5, 5.41) is 13.6. The van der Waals surface area contributed by atoms with Gasteiger partial charge < -0.3 is 15.2 Å². The second-order valence-corrected chi connectivity index (χ2v) is 5.83. The maximum absolute atomic E-state index is 9.78. The summed E-state index contributed by atoms with van der Waals surface area (Å²) < 4.78 is 5.51. The Hall–Kier alpha value is -0.770. The van der Waals surface area contributed by atoms with E-state index in [2.05, 4.69) is 5.32 Å². The van der Waals surface area contributed by atoms with Crippen molar-refractivity contribution in [2.45, 2.75) is 39.4 Å². The normalized spacial score (nSPS) is 13.4. The molecule has 1 aromatic carbocycles. The summed E-state index contributed by atoms with van der Waals surface area (Å²) in [5.41, 5.74) is 1.72. The van der Waals surface area contributed by atoms with Crippen molar-refractivity contribution in [2.24, 2.45) is 0 Å². The van der Waals surface area contributed by atoms with Crippen molar-refractivity contribution in [1.82, 2.24) is 0 Å². The first kappa shape index (κ1) is 15.3. The van der Waals surface area contributed by atoms with Crippen LogP contribution < -0.4 is 5.32 Å². The summed E-state index contributed by atoms with van der Waals surface area (Å²) >= 11 is 6.02. The number of ether oxygens (including phenoxy) is 1. The number of anilines is 1. The first-order chi connectivity index (χ1) is 8.28. The lowest BCUT2D eigenvalue weighted by Crippen LogP contribution is -2.30. The fourth-order valence-corrected chi connectivity index (χ4v) is 1.52. The predicted molar refractivity (Wildman–Crippen MR) is 76.4 cm³/mol. The fraction of sp³-hybridized carbons (Fsp3) is 0.571. The van der Waals surface area contributed by atoms with Crippen LogP contribution in [-0.2, 0) is 4.74 Å². The van der Waals surface area contributed by atoms with E-state index in [1.807, 2.05) is 45.9 Å². The highest BCUT2D eigenvalue weighted by molar-refractivity contribution is 6.31. The molecule has 0 fully saturated rings. The smallest absolute Gasteiger partial charge is 0.0945 e. The quantitative estimate of drug-likeness (QED) is 0.864. The Morgan fingerprint density at radius 2 is 2.06 bits per heavy atom. The predicted octanol–water partition coefficient (Wildman–Crippen LogP) is 3.24. The molecule has 18 heavy (non-hydrogen) atoms. The number of aryl methyl sites for hydroxylation is 1. The lowest BCUT2D eigenvalue weighted by Gasteiger charge is -2.22. The Labute approximate surface area is 114 Å². The number of rotatable bonds is 5. The van der Waals surface area contributed by atoms with Crippen molar-refractivity contribution in [3.8, 4) is 0 Å². The maximum atomic E-state index is 9.78. The number of aliphatic hydroxyl groups is 1. The van der Waals surface area contributed by atoms with Crippen molar-refractivity contribution in [3.63, 3.8) is 0 Å². The third kappa shape index (κ3) is 5.71. The maximum Gasteiger partial charge on any atom is 0.0945 e. The monoisotopic (exact) mass is 271 g/mol. The van der Waals surface area contributed by atoms with Crippen LogP contribution in [0.4, 0.5) is 5.69 Å². The van der Waals surface area contributed by atoms with Gasteiger partial charge in [-0.3, -0.25) is 0 Å². The van der Waals surface area contributed by atoms with Crippen molar-refractivity contribution in [1.29, 1.82) is 0 Å². The van der Waals surface area contributed by atoms with Gasteiger partial charge in [0.25, 0.3) is 0 Å². The molecular weight excluding hydrogens is 250 g/mol. The zero-order valence-electron chi connectivity index (χ0n) is 11.5. The minimum atomic E-state index is -0.538. The van der Waals surface area contributed by atoms with Gasteiger partial charge in [0, 0.05) is 17.3 Å². The number of benzene rings is 1. The van der Waals surface area contributed by atoms with Gasteiger partial charge in [-0.15, -0.1) is 0 Å². The van der Waals surface area contributed by atoms with Gasteiger partial charge in [-0.1, -0.05) is 17.7 Å². The Morgan fingerprint density at radius 1 is 1.39 bits per heavy atom. The summed E-state index contributed by atoms with van der Waals surface area (Å²) in [4.78, 5) is 0. The highest BCUT2D eigenvalue weighted by Gasteiger charge is 2.13. The molecule has 0 aromatic heterocycles. The molecule has 0 saturated heterocycles. The zero-order valence-corrected chi connectivity index (χ0v) is 12.2. The van der Waals surface area contributed by atoms with E-state index in [1.165, 1.54) is 0 Å². The summed E-state index contributed by atoms with van der Waals surface area (Å²) in [7, 11) is 0. The van der Waals surface area contributed by atoms with E-state index < -0.39 is 6.10 Å². The van der Waals surface area contributed by atoms with Crippen molar-refractivity contribution < 1.29 is 9.84 Å². The summed E-state index contributed by atoms with van der Waals surface area (Å²) in [6, 6.07) is 5.75. The standard InChI is InChI=1S/C14H22ClNO2/c1-10-5-6-11(7-13(10)15)16-8-12(17)9-18-14(2,3)4/h5-7,12,16-17H,8-9H2,1-4H3. The molecule has 0 bridgehead atoms. The molecule has 0 aliphatic carbocycles. The Balaban J connectivity index is 2.38. The van der Waals surface area contributed by atoms with Crippen LogP contribution in [0, 0.1) is 6.92 Å². The molecule has 0 spiro atoms. The topological polar surface area (TPSA) is 41.5 Å². The number of aliphatic hydroxyl groups excluding tert-OH is 1. The molecule has 1 aromatic rings. The van der Waals surface area contributed by atoms with Gasteiger partial charge in [-0.25, -0.2) is 0 Å². The van der Waals surface area contributed by atoms with E-state index in [9.17, 15) is 5.11 Å². The Kier molecular flexibility index (Phi) is 5.45. The van der Waals surface area contributed by atoms with Crippen LogP contribution >= 0.6 is 11.6 Å². The summed E-state index contributed by atoms with van der Waals surface area (Å²) in [6.45, 7) is 8.61. The SMILES string of the molecule is Cc1ccc(NCC(O)COC(C)(C)C)cc1Cl. The van der Waals surface area contributed by atoms with Gasteiger partial charge in [0.2, 0.25) is 0 Å². The molecule has 0 saturated carbocycles. The molecule has 102 valence electrons. The van der Waals surface area contributed by atoms with Gasteiger partial charge in [0.15, 0.2) is 0 Å². The van der Waals surface area contributed by atoms with E-state index in [0.29, 0.717) is 13.2 Å². The fourth-order valence-electron chi connectivity index (χ4n) is 1.34. The first-order valence-electron chi connectivity index (χ1n) is 6.10. The largest absolute Gasteiger partial charge is 0.389 e. The molecule has 1 unspecified atom stereocenters. The third-order valence-corrected chi connectivity index (χ3v) is 2.83. The van der Waals surface area contributed by atoms with E-state index >= 15 is 0 Å². The molecule has 3 nitrogen and oxygen atoms in total. The molecule has 1 atom stereocenters. The van der Waals surface area contributed by atoms with Crippen LogP contribution in [-0.4, -0.2) is 30.0 Å². The van der Waals surface area contributed by atoms with Crippen molar-refractivity contribution in [3.05, 3.63) is 28.8 Å². The van der Waals surface area contributed by atoms with Crippen LogP contribution in [0.15, 0.2) is 18.2 Å². The number of nitrogens with one attached hydrogen (secondary N) is 1. The van der Waals surface area contributed by atoms with Crippen molar-refractivity contribution in [2.75, 3.05) is 18.5 Å². The minimum absolute atomic E-state index is 0.228. The van der Waals surface area contributed by atoms with E-state index in [-0.39, 0.29) is 5.60 Å². The molecule has 0 radical (unpaired) electrons. The van der Waals surface area contributed by atoms with E-state index in [4.69, 9.17) is 16.3 Å². The average molecular weight is 272 g/mol. The lowest BCUT2D eigenvalue weighted by molar-refractivity contribution is -0.0449. The first-order valence-corrected chi connectivity index (χ1v) is 6.48. The molecular formula is C14H22ClNO2. The van der Waals surface area contributed by atoms with Gasteiger partial charge in [0.1, 0.15) is 0 Å². The molecule has 0 heterocycles. The molecule has 0 amide bonds. The molecule has 4 heteroatoms. The van der Waals surface area contributed by atoms with Gasteiger partial charge in [0.05, 0.1) is 18.3 Å². The lowest BCUT2D eigenvalue weighted by atomic mass is 10.2. The van der Waals surface area contributed by atoms with Gasteiger partial charge in [-0.05, 0) is 45.4 Å². The second-order valence-electron chi connectivity index (χ2n) is 5.42. The Morgan fingerprint density at radius 3 is 2.61 bits per heavy atom. The highest BCUT2D eigenvalue weighted by Crippen LogP contribution is 2.19. The summed E-state index contributed by atoms with van der Waals surface area (Å²) in [6.07, 6.45) is -0.538. The second kappa shape index (κ2) is 6.41. The van der Waals surface area contributed by atoms with Gasteiger partial charge in [-0.2, -0.15) is 0 Å². The number of hydrogen-bond acceptors (Lipinski definition) is 3. The summed E-state index contributed by atoms with van der Waals surface area (Å²) in [5.74, 6) is 0. The van der Waals surface area contributed by atoms with Crippen LogP contribution in [0.5, 0.6) is 0 Å². The third-order valence-electron chi connectivity index (χ3n) is 2.42. The van der Waals surface area contributed by atoms with Gasteiger partial charge >= 0.3 is 0 Å². The van der Waals surface area contributed by atoms with Crippen LogP contribution in [0.2, 0.25) is 5.02 Å². The molecule has 2 N–H and O–H groups in total. The zero-order chi connectivity index (χ0) is 13.8. The van der Waals surface area contributed by atoms with Crippen LogP contribution in [0.3, 0.4) is 0 Å². The van der Waals surface area contributed by atoms with E-state index in [0.717, 1.165) is 16.3 Å². The molecule has 1 rings (SSSR count). The number of hydrogen-bond donors (Lipinski definition) is 2. The Bertz CT molecular complexity index is 388. The van der Waals surface area contributed by atoms with Crippen LogP contribution in [0.1, 0.15) is 26.3 Å². The number of halogens is 1. The average Bonchev–Trinajstić information content (AvgIpc) is 2.27. The molecule has 0 aliphatic heterocycles. The van der Waals surface area contributed by atoms with E-state index in [1.54, 1.807) is 0 Å². The molecule has 0 aliphatic rings. The van der Waals surface area contributed by atoms with Crippen molar-refractivity contribution >= 4 is 17.3 Å². The minimum Gasteiger partial charge on any atom is -0.389 e. The highest BCUT2D eigenvalue weighted by atomic mass is 35.5.